The number of nitrogens with zero attached hydrogens (tertiary/aromatic N) is 1. The molecule has 9 aromatic carbocycles. The summed E-state index contributed by atoms with van der Waals surface area (Å²) >= 11 is 0. The lowest BCUT2D eigenvalue weighted by Crippen LogP contribution is -2.10. The molecule has 0 atom stereocenters. The van der Waals surface area contributed by atoms with Gasteiger partial charge in [0.15, 0.2) is 0 Å². The summed E-state index contributed by atoms with van der Waals surface area (Å²) in [6, 6.07) is 76.7. The second-order valence-corrected chi connectivity index (χ2v) is 12.9. The second kappa shape index (κ2) is 13.3. The molecule has 51 heavy (non-hydrogen) atoms. The first-order valence-corrected chi connectivity index (χ1v) is 17.5. The zero-order valence-corrected chi connectivity index (χ0v) is 28.2. The standard InChI is InChI=1S/C50H35N/c1-5-17-36(18-6-1)40-25-15-27-42(33-40)51(43-28-16-26-41(34-43)37-19-7-2-8-20-37)44-31-32-46-45-29-13-14-30-47(45)49(38-21-9-3-10-22-38)50(48(46)35-44)39-23-11-4-12-24-39/h1-35H. The monoisotopic (exact) mass is 649 g/mol. The van der Waals surface area contributed by atoms with Crippen molar-refractivity contribution in [2.24, 2.45) is 0 Å². The van der Waals surface area contributed by atoms with Crippen molar-refractivity contribution in [3.63, 3.8) is 0 Å². The maximum absolute atomic E-state index is 2.41. The summed E-state index contributed by atoms with van der Waals surface area (Å²) in [6.07, 6.45) is 0. The molecule has 1 heteroatoms. The van der Waals surface area contributed by atoms with Gasteiger partial charge >= 0.3 is 0 Å². The highest BCUT2D eigenvalue weighted by molar-refractivity contribution is 6.22. The van der Waals surface area contributed by atoms with Gasteiger partial charge in [-0.05, 0) is 102 Å². The molecule has 0 aromatic heterocycles. The Hall–Kier alpha value is -6.70. The van der Waals surface area contributed by atoms with E-state index in [0.717, 1.165) is 17.1 Å². The third kappa shape index (κ3) is 5.75. The first-order chi connectivity index (χ1) is 25.3. The number of rotatable bonds is 7. The number of hydrogen-bond acceptors (Lipinski definition) is 1. The summed E-state index contributed by atoms with van der Waals surface area (Å²) in [7, 11) is 0. The van der Waals surface area contributed by atoms with Gasteiger partial charge in [-0.15, -0.1) is 0 Å². The van der Waals surface area contributed by atoms with E-state index in [1.165, 1.54) is 66.1 Å². The van der Waals surface area contributed by atoms with Crippen LogP contribution in [0.3, 0.4) is 0 Å². The van der Waals surface area contributed by atoms with Crippen LogP contribution in [0.2, 0.25) is 0 Å². The Morgan fingerprint density at radius 2 is 0.588 bits per heavy atom. The number of benzene rings is 9. The zero-order valence-electron chi connectivity index (χ0n) is 28.2. The highest BCUT2D eigenvalue weighted by atomic mass is 15.1. The Labute approximate surface area is 299 Å². The first kappa shape index (κ1) is 30.4. The van der Waals surface area contributed by atoms with Gasteiger partial charge in [0.25, 0.3) is 0 Å². The molecule has 0 aliphatic heterocycles. The van der Waals surface area contributed by atoms with E-state index in [-0.39, 0.29) is 0 Å². The summed E-state index contributed by atoms with van der Waals surface area (Å²) in [4.78, 5) is 2.41. The smallest absolute Gasteiger partial charge is 0.0468 e. The molecule has 0 saturated carbocycles. The van der Waals surface area contributed by atoms with Gasteiger partial charge in [-0.25, -0.2) is 0 Å². The van der Waals surface area contributed by atoms with Crippen LogP contribution in [0.4, 0.5) is 17.1 Å². The Morgan fingerprint density at radius 3 is 1.10 bits per heavy atom. The molecular weight excluding hydrogens is 615 g/mol. The van der Waals surface area contributed by atoms with E-state index in [0.29, 0.717) is 0 Å². The van der Waals surface area contributed by atoms with Crippen molar-refractivity contribution in [2.45, 2.75) is 0 Å². The van der Waals surface area contributed by atoms with Gasteiger partial charge in [-0.3, -0.25) is 0 Å². The van der Waals surface area contributed by atoms with Crippen molar-refractivity contribution < 1.29 is 0 Å². The molecule has 0 saturated heterocycles. The zero-order chi connectivity index (χ0) is 34.0. The molecule has 0 aliphatic rings. The molecule has 0 bridgehead atoms. The van der Waals surface area contributed by atoms with Crippen molar-refractivity contribution in [1.82, 2.24) is 0 Å². The minimum Gasteiger partial charge on any atom is -0.310 e. The normalized spacial score (nSPS) is 11.1. The molecule has 1 nitrogen and oxygen atoms in total. The van der Waals surface area contributed by atoms with Crippen molar-refractivity contribution >= 4 is 38.6 Å². The maximum atomic E-state index is 2.41. The van der Waals surface area contributed by atoms with Crippen LogP contribution >= 0.6 is 0 Å². The summed E-state index contributed by atoms with van der Waals surface area (Å²) in [5.41, 5.74) is 13.0. The van der Waals surface area contributed by atoms with E-state index in [1.54, 1.807) is 0 Å². The minimum atomic E-state index is 1.10. The molecule has 0 amide bonds. The van der Waals surface area contributed by atoms with Gasteiger partial charge in [-0.2, -0.15) is 0 Å². The van der Waals surface area contributed by atoms with E-state index >= 15 is 0 Å². The molecule has 9 aromatic rings. The van der Waals surface area contributed by atoms with E-state index < -0.39 is 0 Å². The third-order valence-electron chi connectivity index (χ3n) is 9.82. The molecule has 0 aliphatic carbocycles. The maximum Gasteiger partial charge on any atom is 0.0468 e. The topological polar surface area (TPSA) is 3.24 Å². The molecule has 0 spiro atoms. The van der Waals surface area contributed by atoms with E-state index in [4.69, 9.17) is 0 Å². The molecule has 9 rings (SSSR count). The van der Waals surface area contributed by atoms with Gasteiger partial charge in [0.2, 0.25) is 0 Å². The second-order valence-electron chi connectivity index (χ2n) is 12.9. The largest absolute Gasteiger partial charge is 0.310 e. The fourth-order valence-corrected chi connectivity index (χ4v) is 7.49. The summed E-state index contributed by atoms with van der Waals surface area (Å²) < 4.78 is 0. The minimum absolute atomic E-state index is 1.10. The molecule has 0 heterocycles. The van der Waals surface area contributed by atoms with Crippen LogP contribution in [0, 0.1) is 0 Å². The van der Waals surface area contributed by atoms with Crippen LogP contribution in [0.25, 0.3) is 66.1 Å². The van der Waals surface area contributed by atoms with Crippen LogP contribution in [0.1, 0.15) is 0 Å². The van der Waals surface area contributed by atoms with Crippen molar-refractivity contribution in [1.29, 1.82) is 0 Å². The van der Waals surface area contributed by atoms with Crippen LogP contribution in [0.15, 0.2) is 212 Å². The lowest BCUT2D eigenvalue weighted by Gasteiger charge is -2.28. The summed E-state index contributed by atoms with van der Waals surface area (Å²) in [5, 5.41) is 4.97. The van der Waals surface area contributed by atoms with Crippen molar-refractivity contribution in [3.05, 3.63) is 212 Å². The fourth-order valence-electron chi connectivity index (χ4n) is 7.49. The highest BCUT2D eigenvalue weighted by Gasteiger charge is 2.20. The van der Waals surface area contributed by atoms with Crippen LogP contribution in [-0.2, 0) is 0 Å². The van der Waals surface area contributed by atoms with E-state index in [2.05, 4.69) is 217 Å². The average Bonchev–Trinajstić information content (AvgIpc) is 3.22. The lowest BCUT2D eigenvalue weighted by molar-refractivity contribution is 1.29. The van der Waals surface area contributed by atoms with Gasteiger partial charge < -0.3 is 4.90 Å². The molecule has 0 unspecified atom stereocenters. The van der Waals surface area contributed by atoms with Gasteiger partial charge in [0.1, 0.15) is 0 Å². The number of fused-ring (bicyclic) bond motifs is 3. The third-order valence-corrected chi connectivity index (χ3v) is 9.82. The van der Waals surface area contributed by atoms with Crippen LogP contribution in [-0.4, -0.2) is 0 Å². The van der Waals surface area contributed by atoms with E-state index in [1.807, 2.05) is 0 Å². The Bertz CT molecular complexity index is 2530. The summed E-state index contributed by atoms with van der Waals surface area (Å²) in [6.45, 7) is 0. The van der Waals surface area contributed by atoms with E-state index in [9.17, 15) is 0 Å². The van der Waals surface area contributed by atoms with Crippen molar-refractivity contribution in [3.8, 4) is 44.5 Å². The predicted molar refractivity (Wildman–Crippen MR) is 218 cm³/mol. The van der Waals surface area contributed by atoms with Crippen molar-refractivity contribution in [2.75, 3.05) is 4.90 Å². The number of anilines is 3. The fraction of sp³-hybridized carbons (Fsp3) is 0. The Morgan fingerprint density at radius 1 is 0.216 bits per heavy atom. The quantitative estimate of drug-likeness (QED) is 0.155. The lowest BCUT2D eigenvalue weighted by atomic mass is 9.85. The highest BCUT2D eigenvalue weighted by Crippen LogP contribution is 2.47. The molecule has 0 N–H and O–H groups in total. The molecule has 0 fully saturated rings. The van der Waals surface area contributed by atoms with Gasteiger partial charge in [-0.1, -0.05) is 176 Å². The Kier molecular flexibility index (Phi) is 7.92. The van der Waals surface area contributed by atoms with Crippen LogP contribution in [0.5, 0.6) is 0 Å². The predicted octanol–water partition coefficient (Wildman–Crippen LogP) is 14.1. The van der Waals surface area contributed by atoms with Gasteiger partial charge in [0, 0.05) is 17.1 Å². The SMILES string of the molecule is c1ccc(-c2cccc(N(c3cccc(-c4ccccc4)c3)c3ccc4c(c3)c(-c3ccccc3)c(-c3ccccc3)c3ccccc34)c2)cc1. The van der Waals surface area contributed by atoms with Gasteiger partial charge in [0.05, 0.1) is 0 Å². The van der Waals surface area contributed by atoms with Crippen LogP contribution < -0.4 is 4.90 Å². The molecular formula is C50H35N. The average molecular weight is 650 g/mol. The molecule has 240 valence electrons. The first-order valence-electron chi connectivity index (χ1n) is 17.5. The summed E-state index contributed by atoms with van der Waals surface area (Å²) in [5.74, 6) is 0. The molecule has 0 radical (unpaired) electrons. The Balaban J connectivity index is 1.34. The number of hydrogen-bond donors (Lipinski definition) is 0.